The van der Waals surface area contributed by atoms with E-state index in [1.165, 1.54) is 30.7 Å². The van der Waals surface area contributed by atoms with Gasteiger partial charge in [0.25, 0.3) is 0 Å². The molecular weight excluding hydrogens is 352 g/mol. The van der Waals surface area contributed by atoms with Crippen molar-refractivity contribution in [1.82, 2.24) is 5.32 Å². The number of hydrogen-bond acceptors (Lipinski definition) is 2. The van der Waals surface area contributed by atoms with Gasteiger partial charge in [-0.1, -0.05) is 19.1 Å². The first kappa shape index (κ1) is 18.6. The zero-order chi connectivity index (χ0) is 18.5. The van der Waals surface area contributed by atoms with Crippen molar-refractivity contribution in [2.24, 2.45) is 5.92 Å². The Hall–Kier alpha value is -2.21. The number of halogens is 2. The van der Waals surface area contributed by atoms with Crippen molar-refractivity contribution in [2.75, 3.05) is 23.3 Å². The second-order valence-corrected chi connectivity index (χ2v) is 7.20. The third kappa shape index (κ3) is 4.91. The van der Waals surface area contributed by atoms with Crippen molar-refractivity contribution >= 4 is 28.7 Å². The van der Waals surface area contributed by atoms with Crippen LogP contribution in [0.2, 0.25) is 0 Å². The van der Waals surface area contributed by atoms with Crippen LogP contribution in [0.4, 0.5) is 20.2 Å². The quantitative estimate of drug-likeness (QED) is 0.759. The van der Waals surface area contributed by atoms with E-state index < -0.39 is 11.6 Å². The monoisotopic (exact) mass is 375 g/mol. The van der Waals surface area contributed by atoms with Gasteiger partial charge in [0.1, 0.15) is 11.6 Å². The van der Waals surface area contributed by atoms with E-state index in [1.54, 1.807) is 0 Å². The van der Waals surface area contributed by atoms with E-state index in [-0.39, 0.29) is 5.69 Å². The number of rotatable bonds is 4. The number of hydrogen-bond donors (Lipinski definition) is 2. The molecule has 3 rings (SSSR count). The first-order valence-corrected chi connectivity index (χ1v) is 9.26. The molecule has 1 aliphatic heterocycles. The minimum absolute atomic E-state index is 0.151. The Kier molecular flexibility index (Phi) is 6.04. The Balaban J connectivity index is 1.52. The molecule has 1 fully saturated rings. The van der Waals surface area contributed by atoms with E-state index >= 15 is 0 Å². The molecule has 0 aliphatic carbocycles. The van der Waals surface area contributed by atoms with Crippen LogP contribution in [-0.2, 0) is 6.54 Å². The first-order valence-electron chi connectivity index (χ1n) is 8.85. The number of benzene rings is 2. The third-order valence-electron chi connectivity index (χ3n) is 4.59. The molecule has 1 saturated heterocycles. The molecular formula is C20H23F2N3S. The van der Waals surface area contributed by atoms with Crippen molar-refractivity contribution in [1.29, 1.82) is 0 Å². The summed E-state index contributed by atoms with van der Waals surface area (Å²) >= 11 is 5.18. The van der Waals surface area contributed by atoms with Gasteiger partial charge < -0.3 is 15.5 Å². The van der Waals surface area contributed by atoms with Crippen LogP contribution in [0.3, 0.4) is 0 Å². The summed E-state index contributed by atoms with van der Waals surface area (Å²) in [5, 5.41) is 6.08. The smallest absolute Gasteiger partial charge is 0.171 e. The van der Waals surface area contributed by atoms with Crippen molar-refractivity contribution in [3.63, 3.8) is 0 Å². The highest BCUT2D eigenvalue weighted by Crippen LogP contribution is 2.23. The highest BCUT2D eigenvalue weighted by molar-refractivity contribution is 7.80. The van der Waals surface area contributed by atoms with Crippen LogP contribution in [-0.4, -0.2) is 18.2 Å². The van der Waals surface area contributed by atoms with Crippen LogP contribution in [0.5, 0.6) is 0 Å². The van der Waals surface area contributed by atoms with Gasteiger partial charge in [-0.2, -0.15) is 0 Å². The third-order valence-corrected chi connectivity index (χ3v) is 4.84. The fourth-order valence-electron chi connectivity index (χ4n) is 3.19. The van der Waals surface area contributed by atoms with Crippen LogP contribution >= 0.6 is 12.2 Å². The molecule has 0 bridgehead atoms. The summed E-state index contributed by atoms with van der Waals surface area (Å²) in [4.78, 5) is 2.43. The molecule has 2 aromatic rings. The Morgan fingerprint density at radius 3 is 2.65 bits per heavy atom. The number of nitrogens with zero attached hydrogens (tertiary/aromatic N) is 1. The molecule has 1 aliphatic rings. The van der Waals surface area contributed by atoms with Gasteiger partial charge in [0.2, 0.25) is 0 Å². The second-order valence-electron chi connectivity index (χ2n) is 6.79. The minimum atomic E-state index is -0.672. The Labute approximate surface area is 158 Å². The van der Waals surface area contributed by atoms with Gasteiger partial charge in [-0.25, -0.2) is 8.78 Å². The molecule has 3 nitrogen and oxygen atoms in total. The highest BCUT2D eigenvalue weighted by Gasteiger charge is 2.16. The summed E-state index contributed by atoms with van der Waals surface area (Å²) in [7, 11) is 0. The lowest BCUT2D eigenvalue weighted by Crippen LogP contribution is -2.34. The van der Waals surface area contributed by atoms with E-state index in [0.29, 0.717) is 11.7 Å². The van der Waals surface area contributed by atoms with Gasteiger partial charge in [-0.15, -0.1) is 0 Å². The fraction of sp³-hybridized carbons (Fsp3) is 0.350. The van der Waals surface area contributed by atoms with Crippen LogP contribution in [0.25, 0.3) is 0 Å². The Bertz CT molecular complexity index is 764. The molecule has 1 atom stereocenters. The standard InChI is InChI=1S/C20H23F2N3S/c1-14-3-2-10-25(13-14)17-7-4-15(5-8-17)12-23-20(26)24-19-9-6-16(21)11-18(19)22/h4-9,11,14H,2-3,10,12-13H2,1H3,(H2,23,24,26)/t14-/m0/s1. The van der Waals surface area contributed by atoms with E-state index in [2.05, 4.69) is 46.7 Å². The summed E-state index contributed by atoms with van der Waals surface area (Å²) in [6, 6.07) is 11.7. The van der Waals surface area contributed by atoms with Crippen molar-refractivity contribution in [2.45, 2.75) is 26.3 Å². The average Bonchev–Trinajstić information content (AvgIpc) is 2.63. The number of piperidine rings is 1. The molecule has 26 heavy (non-hydrogen) atoms. The lowest BCUT2D eigenvalue weighted by atomic mass is 9.99. The van der Waals surface area contributed by atoms with Gasteiger partial charge in [0.05, 0.1) is 5.69 Å². The van der Waals surface area contributed by atoms with Gasteiger partial charge in [-0.3, -0.25) is 0 Å². The molecule has 0 spiro atoms. The molecule has 2 aromatic carbocycles. The number of nitrogens with one attached hydrogen (secondary N) is 2. The topological polar surface area (TPSA) is 27.3 Å². The Morgan fingerprint density at radius 1 is 1.19 bits per heavy atom. The van der Waals surface area contributed by atoms with Gasteiger partial charge >= 0.3 is 0 Å². The summed E-state index contributed by atoms with van der Waals surface area (Å²) in [5.74, 6) is -0.551. The van der Waals surface area contributed by atoms with Crippen molar-refractivity contribution in [3.05, 3.63) is 59.7 Å². The maximum absolute atomic E-state index is 13.6. The zero-order valence-electron chi connectivity index (χ0n) is 14.8. The molecule has 6 heteroatoms. The predicted molar refractivity (Wildman–Crippen MR) is 106 cm³/mol. The average molecular weight is 375 g/mol. The van der Waals surface area contributed by atoms with Gasteiger partial charge in [0.15, 0.2) is 5.11 Å². The molecule has 0 aromatic heterocycles. The molecule has 0 radical (unpaired) electrons. The second kappa shape index (κ2) is 8.45. The Morgan fingerprint density at radius 2 is 1.96 bits per heavy atom. The molecule has 138 valence electrons. The van der Waals surface area contributed by atoms with E-state index in [9.17, 15) is 8.78 Å². The first-order chi connectivity index (χ1) is 12.5. The van der Waals surface area contributed by atoms with Gasteiger partial charge in [-0.05, 0) is 60.8 Å². The molecule has 2 N–H and O–H groups in total. The van der Waals surface area contributed by atoms with Gasteiger partial charge in [0, 0.05) is 31.4 Å². The van der Waals surface area contributed by atoms with Crippen LogP contribution in [0.1, 0.15) is 25.3 Å². The largest absolute Gasteiger partial charge is 0.371 e. The van der Waals surface area contributed by atoms with Crippen molar-refractivity contribution < 1.29 is 8.78 Å². The molecule has 0 saturated carbocycles. The van der Waals surface area contributed by atoms with Crippen LogP contribution in [0.15, 0.2) is 42.5 Å². The number of thiocarbonyl (C=S) groups is 1. The highest BCUT2D eigenvalue weighted by atomic mass is 32.1. The fourth-order valence-corrected chi connectivity index (χ4v) is 3.37. The molecule has 1 heterocycles. The summed E-state index contributed by atoms with van der Waals surface area (Å²) in [6.07, 6.45) is 2.54. The van der Waals surface area contributed by atoms with Crippen LogP contribution < -0.4 is 15.5 Å². The van der Waals surface area contributed by atoms with E-state index in [1.807, 2.05) is 0 Å². The van der Waals surface area contributed by atoms with Crippen LogP contribution in [0, 0.1) is 17.6 Å². The van der Waals surface area contributed by atoms with E-state index in [4.69, 9.17) is 12.2 Å². The normalized spacial score (nSPS) is 17.0. The maximum Gasteiger partial charge on any atom is 0.171 e. The zero-order valence-corrected chi connectivity index (χ0v) is 15.6. The lowest BCUT2D eigenvalue weighted by molar-refractivity contribution is 0.447. The molecule has 0 unspecified atom stereocenters. The SMILES string of the molecule is C[C@H]1CCCN(c2ccc(CNC(=S)Nc3ccc(F)cc3F)cc2)C1. The minimum Gasteiger partial charge on any atom is -0.371 e. The predicted octanol–water partition coefficient (Wildman–Crippen LogP) is 4.69. The number of anilines is 2. The molecule has 0 amide bonds. The van der Waals surface area contributed by atoms with E-state index in [0.717, 1.165) is 30.6 Å². The van der Waals surface area contributed by atoms with Crippen molar-refractivity contribution in [3.8, 4) is 0 Å². The summed E-state index contributed by atoms with van der Waals surface area (Å²) < 4.78 is 26.6. The maximum atomic E-state index is 13.6. The lowest BCUT2D eigenvalue weighted by Gasteiger charge is -2.32. The summed E-state index contributed by atoms with van der Waals surface area (Å²) in [6.45, 7) is 5.04. The summed E-state index contributed by atoms with van der Waals surface area (Å²) in [5.41, 5.74) is 2.48.